The van der Waals surface area contributed by atoms with E-state index in [0.29, 0.717) is 12.1 Å². The lowest BCUT2D eigenvalue weighted by Gasteiger charge is -2.44. The summed E-state index contributed by atoms with van der Waals surface area (Å²) >= 11 is -1.87. The van der Waals surface area contributed by atoms with E-state index in [-0.39, 0.29) is 5.56 Å². The molecule has 0 aromatic heterocycles. The number of alkyl halides is 13. The summed E-state index contributed by atoms with van der Waals surface area (Å²) in [7, 11) is 0. The fourth-order valence-corrected chi connectivity index (χ4v) is 2.99. The molecule has 0 N–H and O–H groups in total. The average Bonchev–Trinajstić information content (AvgIpc) is 2.42. The first kappa shape index (κ1) is 23.7. The van der Waals surface area contributed by atoms with Crippen molar-refractivity contribution >= 4 is 11.8 Å². The largest absolute Gasteiger partial charge is 0.459 e. The molecule has 0 heterocycles. The first-order valence-electron chi connectivity index (χ1n) is 6.44. The normalized spacial score (nSPS) is 15.2. The third-order valence-electron chi connectivity index (χ3n) is 3.28. The summed E-state index contributed by atoms with van der Waals surface area (Å²) in [5, 5.41) is 0. The maximum atomic E-state index is 13.8. The molecule has 0 saturated heterocycles. The molecule has 14 heteroatoms. The zero-order valence-corrected chi connectivity index (χ0v) is 13.4. The van der Waals surface area contributed by atoms with Crippen LogP contribution in [0, 0.1) is 6.92 Å². The van der Waals surface area contributed by atoms with Crippen molar-refractivity contribution in [1.29, 1.82) is 0 Å². The average molecular weight is 442 g/mol. The van der Waals surface area contributed by atoms with Crippen molar-refractivity contribution in [3.8, 4) is 0 Å². The fraction of sp³-hybridized carbons (Fsp3) is 0.538. The topological polar surface area (TPSA) is 0 Å². The van der Waals surface area contributed by atoms with Crippen LogP contribution in [0.4, 0.5) is 57.1 Å². The van der Waals surface area contributed by atoms with Gasteiger partial charge in [-0.2, -0.15) is 57.1 Å². The van der Waals surface area contributed by atoms with Gasteiger partial charge in [0.25, 0.3) is 4.75 Å². The number of halogens is 13. The lowest BCUT2D eigenvalue weighted by Crippen LogP contribution is -2.73. The van der Waals surface area contributed by atoms with Crippen molar-refractivity contribution in [2.75, 3.05) is 0 Å². The van der Waals surface area contributed by atoms with Crippen LogP contribution < -0.4 is 0 Å². The predicted octanol–water partition coefficient (Wildman–Crippen LogP) is 6.78. The molecular weight excluding hydrogens is 435 g/mol. The molecule has 0 amide bonds. The molecule has 0 nitrogen and oxygen atoms in total. The Hall–Kier alpha value is -1.34. The van der Waals surface area contributed by atoms with Gasteiger partial charge in [0.15, 0.2) is 0 Å². The molecular formula is C13H7F13S. The molecule has 0 radical (unpaired) electrons. The molecule has 0 unspecified atom stereocenters. The summed E-state index contributed by atoms with van der Waals surface area (Å²) in [6.07, 6.45) is -21.9. The van der Waals surface area contributed by atoms with Crippen LogP contribution in [0.2, 0.25) is 0 Å². The van der Waals surface area contributed by atoms with E-state index < -0.39 is 51.8 Å². The SMILES string of the molecule is Cc1ccc(SC(C(F)(F)F)(C(F)(F)F)C(F)(F)C(F)(F)C(F)(F)F)cc1. The Labute approximate surface area is 146 Å². The molecule has 1 aromatic rings. The summed E-state index contributed by atoms with van der Waals surface area (Å²) in [6.45, 7) is 1.31. The maximum absolute atomic E-state index is 13.8. The Bertz CT molecular complexity index is 637. The molecule has 0 aliphatic heterocycles. The van der Waals surface area contributed by atoms with Crippen molar-refractivity contribution in [3.63, 3.8) is 0 Å². The maximum Gasteiger partial charge on any atom is 0.459 e. The zero-order valence-electron chi connectivity index (χ0n) is 12.6. The van der Waals surface area contributed by atoms with Crippen molar-refractivity contribution in [2.24, 2.45) is 0 Å². The van der Waals surface area contributed by atoms with Crippen LogP contribution in [0.1, 0.15) is 5.56 Å². The van der Waals surface area contributed by atoms with Crippen LogP contribution in [0.15, 0.2) is 29.2 Å². The first-order chi connectivity index (χ1) is 11.7. The van der Waals surface area contributed by atoms with Gasteiger partial charge >= 0.3 is 30.4 Å². The highest BCUT2D eigenvalue weighted by Gasteiger charge is 2.92. The number of thioether (sulfide) groups is 1. The molecule has 27 heavy (non-hydrogen) atoms. The Morgan fingerprint density at radius 1 is 0.556 bits per heavy atom. The first-order valence-corrected chi connectivity index (χ1v) is 7.25. The molecule has 0 fully saturated rings. The van der Waals surface area contributed by atoms with Crippen LogP contribution >= 0.6 is 11.8 Å². The van der Waals surface area contributed by atoms with Crippen LogP contribution in [0.5, 0.6) is 0 Å². The monoisotopic (exact) mass is 442 g/mol. The van der Waals surface area contributed by atoms with E-state index in [4.69, 9.17) is 0 Å². The summed E-state index contributed by atoms with van der Waals surface area (Å²) in [5.41, 5.74) is 0.247. The molecule has 0 aliphatic carbocycles. The Kier molecular flexibility index (Phi) is 5.81. The summed E-state index contributed by atoms with van der Waals surface area (Å²) < 4.78 is 163. The number of hydrogen-bond donors (Lipinski definition) is 0. The van der Waals surface area contributed by atoms with Crippen LogP contribution in [-0.2, 0) is 0 Å². The van der Waals surface area contributed by atoms with E-state index >= 15 is 0 Å². The van der Waals surface area contributed by atoms with Gasteiger partial charge in [-0.15, -0.1) is 0 Å². The number of hydrogen-bond acceptors (Lipinski definition) is 1. The predicted molar refractivity (Wildman–Crippen MR) is 67.8 cm³/mol. The lowest BCUT2D eigenvalue weighted by molar-refractivity contribution is -0.406. The van der Waals surface area contributed by atoms with Gasteiger partial charge in [0.1, 0.15) is 0 Å². The van der Waals surface area contributed by atoms with Gasteiger partial charge in [-0.05, 0) is 19.1 Å². The minimum atomic E-state index is -7.64. The van der Waals surface area contributed by atoms with Crippen molar-refractivity contribution < 1.29 is 57.1 Å². The smallest absolute Gasteiger partial charge is 0.197 e. The molecule has 0 atom stereocenters. The van der Waals surface area contributed by atoms with Gasteiger partial charge in [-0.1, -0.05) is 29.5 Å². The van der Waals surface area contributed by atoms with Gasteiger partial charge in [0, 0.05) is 4.90 Å². The standard InChI is InChI=1S/C13H7F13S/c1-6-2-4-7(5-3-6)27-8(11(18,19)20,12(21,22)23)9(14,15)10(16,17)13(24,25)26/h2-5H,1H3. The minimum Gasteiger partial charge on any atom is -0.197 e. The van der Waals surface area contributed by atoms with Gasteiger partial charge in [0.2, 0.25) is 0 Å². The summed E-state index contributed by atoms with van der Waals surface area (Å²) in [6, 6.07) is 2.63. The third kappa shape index (κ3) is 3.68. The second-order valence-electron chi connectivity index (χ2n) is 5.24. The lowest BCUT2D eigenvalue weighted by atomic mass is 9.92. The fourth-order valence-electron chi connectivity index (χ4n) is 1.88. The number of aryl methyl sites for hydroxylation is 1. The van der Waals surface area contributed by atoms with Crippen molar-refractivity contribution in [3.05, 3.63) is 29.8 Å². The van der Waals surface area contributed by atoms with E-state index in [2.05, 4.69) is 0 Å². The van der Waals surface area contributed by atoms with Crippen LogP contribution in [0.25, 0.3) is 0 Å². The molecule has 0 aliphatic rings. The minimum absolute atomic E-state index is 0.247. The Balaban J connectivity index is 3.85. The molecule has 156 valence electrons. The van der Waals surface area contributed by atoms with E-state index in [0.717, 1.165) is 12.1 Å². The molecule has 1 aromatic carbocycles. The molecule has 1 rings (SSSR count). The second-order valence-corrected chi connectivity index (χ2v) is 6.53. The van der Waals surface area contributed by atoms with Gasteiger partial charge in [-0.3, -0.25) is 0 Å². The van der Waals surface area contributed by atoms with Crippen LogP contribution in [0.3, 0.4) is 0 Å². The van der Waals surface area contributed by atoms with Crippen molar-refractivity contribution in [2.45, 2.75) is 46.9 Å². The van der Waals surface area contributed by atoms with E-state index in [1.165, 1.54) is 6.92 Å². The number of benzene rings is 1. The van der Waals surface area contributed by atoms with E-state index in [1.54, 1.807) is 0 Å². The second kappa shape index (κ2) is 6.62. The van der Waals surface area contributed by atoms with Crippen LogP contribution in [-0.4, -0.2) is 35.1 Å². The zero-order chi connectivity index (χ0) is 21.7. The molecule has 0 saturated carbocycles. The third-order valence-corrected chi connectivity index (χ3v) is 4.82. The Morgan fingerprint density at radius 3 is 1.22 bits per heavy atom. The Morgan fingerprint density at radius 2 is 0.926 bits per heavy atom. The molecule has 0 bridgehead atoms. The quantitative estimate of drug-likeness (QED) is 0.366. The van der Waals surface area contributed by atoms with E-state index in [1.807, 2.05) is 0 Å². The highest BCUT2D eigenvalue weighted by molar-refractivity contribution is 8.01. The summed E-state index contributed by atoms with van der Waals surface area (Å²) in [4.78, 5) is -1.24. The van der Waals surface area contributed by atoms with Crippen molar-refractivity contribution in [1.82, 2.24) is 0 Å². The highest BCUT2D eigenvalue weighted by atomic mass is 32.2. The number of rotatable bonds is 4. The van der Waals surface area contributed by atoms with Gasteiger partial charge in [0.05, 0.1) is 0 Å². The van der Waals surface area contributed by atoms with Gasteiger partial charge in [-0.25, -0.2) is 0 Å². The van der Waals surface area contributed by atoms with Gasteiger partial charge < -0.3 is 0 Å². The molecule has 0 spiro atoms. The summed E-state index contributed by atoms with van der Waals surface area (Å²) in [5.74, 6) is -15.3. The highest BCUT2D eigenvalue weighted by Crippen LogP contribution is 2.66. The van der Waals surface area contributed by atoms with E-state index in [9.17, 15) is 57.1 Å².